The van der Waals surface area contributed by atoms with E-state index < -0.39 is 11.9 Å². The van der Waals surface area contributed by atoms with Crippen LogP contribution in [0, 0.1) is 0 Å². The molecule has 0 radical (unpaired) electrons. The fourth-order valence-corrected chi connectivity index (χ4v) is 1.36. The number of rotatable bonds is 6. The summed E-state index contributed by atoms with van der Waals surface area (Å²) in [5, 5.41) is 13.2. The summed E-state index contributed by atoms with van der Waals surface area (Å²) in [6.07, 6.45) is 0.454. The molecule has 1 unspecified atom stereocenters. The number of carbonyl (C=O) groups excluding carboxylic acids is 2. The molecule has 5 heteroatoms. The molecule has 0 saturated heterocycles. The lowest BCUT2D eigenvalue weighted by molar-refractivity contribution is -0.307. The lowest BCUT2D eigenvalue weighted by atomic mass is 9.99. The number of methoxy groups -OCH3 is 1. The van der Waals surface area contributed by atoms with E-state index in [0.29, 0.717) is 17.7 Å². The van der Waals surface area contributed by atoms with Crippen molar-refractivity contribution >= 4 is 12.4 Å². The van der Waals surface area contributed by atoms with Gasteiger partial charge >= 0.3 is 0 Å². The fourth-order valence-electron chi connectivity index (χ4n) is 1.36. The molecule has 0 spiro atoms. The average molecular weight is 222 g/mol. The van der Waals surface area contributed by atoms with Crippen LogP contribution in [0.5, 0.6) is 5.75 Å². The summed E-state index contributed by atoms with van der Waals surface area (Å²) < 4.78 is 4.99. The summed E-state index contributed by atoms with van der Waals surface area (Å²) in [6, 6.07) is 6.65. The predicted octanol–water partition coefficient (Wildman–Crippen LogP) is -0.725. The Morgan fingerprint density at radius 2 is 2.38 bits per heavy atom. The third-order valence-electron chi connectivity index (χ3n) is 2.19. The molecule has 1 aromatic carbocycles. The Balaban J connectivity index is 2.91. The van der Waals surface area contributed by atoms with E-state index in [4.69, 9.17) is 4.74 Å². The van der Waals surface area contributed by atoms with Crippen LogP contribution in [0.3, 0.4) is 0 Å². The van der Waals surface area contributed by atoms with Crippen LogP contribution in [0.15, 0.2) is 24.3 Å². The second-order valence-corrected chi connectivity index (χ2v) is 3.17. The number of carbonyl (C=O) groups is 2. The first kappa shape index (κ1) is 12.0. The zero-order valence-electron chi connectivity index (χ0n) is 8.80. The Labute approximate surface area is 93.0 Å². The summed E-state index contributed by atoms with van der Waals surface area (Å²) >= 11 is 0. The highest BCUT2D eigenvalue weighted by atomic mass is 16.5. The van der Waals surface area contributed by atoms with Crippen molar-refractivity contribution in [2.45, 2.75) is 5.92 Å². The Morgan fingerprint density at radius 3 is 2.94 bits per heavy atom. The van der Waals surface area contributed by atoms with Crippen LogP contribution in [-0.2, 0) is 9.59 Å². The van der Waals surface area contributed by atoms with Gasteiger partial charge in [0, 0.05) is 12.5 Å². The summed E-state index contributed by atoms with van der Waals surface area (Å²) in [5.74, 6) is -1.54. The molecule has 1 amide bonds. The molecule has 0 aliphatic carbocycles. The average Bonchev–Trinajstić information content (AvgIpc) is 2.29. The van der Waals surface area contributed by atoms with E-state index in [2.05, 4.69) is 5.32 Å². The molecule has 1 aromatic rings. The molecule has 5 nitrogen and oxygen atoms in total. The van der Waals surface area contributed by atoms with Gasteiger partial charge in [-0.15, -0.1) is 0 Å². The van der Waals surface area contributed by atoms with Crippen LogP contribution in [-0.4, -0.2) is 26.0 Å². The molecule has 0 saturated carbocycles. The predicted molar refractivity (Wildman–Crippen MR) is 54.8 cm³/mol. The van der Waals surface area contributed by atoms with Gasteiger partial charge in [-0.25, -0.2) is 0 Å². The normalized spacial score (nSPS) is 11.6. The minimum atomic E-state index is -1.23. The van der Waals surface area contributed by atoms with Crippen molar-refractivity contribution in [1.82, 2.24) is 5.32 Å². The van der Waals surface area contributed by atoms with Gasteiger partial charge in [-0.1, -0.05) is 12.1 Å². The standard InChI is InChI=1S/C11H13NO4/c1-16-9-4-2-3-8(5-9)10(11(14)15)6-12-7-13/h2-5,7,10H,6H2,1H3,(H,12,13)(H,14,15)/p-1. The maximum atomic E-state index is 10.9. The molecule has 86 valence electrons. The van der Waals surface area contributed by atoms with Gasteiger partial charge in [0.25, 0.3) is 0 Å². The summed E-state index contributed by atoms with van der Waals surface area (Å²) in [5.41, 5.74) is 0.536. The number of ether oxygens (including phenoxy) is 1. The van der Waals surface area contributed by atoms with Crippen LogP contribution < -0.4 is 15.2 Å². The molecule has 0 aliphatic rings. The Morgan fingerprint density at radius 1 is 1.62 bits per heavy atom. The van der Waals surface area contributed by atoms with Crippen LogP contribution >= 0.6 is 0 Å². The van der Waals surface area contributed by atoms with Crippen LogP contribution in [0.1, 0.15) is 11.5 Å². The van der Waals surface area contributed by atoms with Gasteiger partial charge in [-0.2, -0.15) is 0 Å². The van der Waals surface area contributed by atoms with E-state index in [1.165, 1.54) is 7.11 Å². The van der Waals surface area contributed by atoms with Crippen LogP contribution in [0.25, 0.3) is 0 Å². The maximum absolute atomic E-state index is 10.9. The zero-order valence-corrected chi connectivity index (χ0v) is 8.80. The molecule has 0 aliphatic heterocycles. The second kappa shape index (κ2) is 5.75. The minimum Gasteiger partial charge on any atom is -0.549 e. The number of aliphatic carboxylic acids is 1. The maximum Gasteiger partial charge on any atom is 0.207 e. The van der Waals surface area contributed by atoms with Crippen molar-refractivity contribution in [3.05, 3.63) is 29.8 Å². The van der Waals surface area contributed by atoms with Crippen molar-refractivity contribution in [2.24, 2.45) is 0 Å². The monoisotopic (exact) mass is 222 g/mol. The first-order valence-electron chi connectivity index (χ1n) is 4.71. The summed E-state index contributed by atoms with van der Waals surface area (Å²) in [7, 11) is 1.50. The molecule has 0 heterocycles. The molecule has 16 heavy (non-hydrogen) atoms. The number of benzene rings is 1. The molecule has 0 fully saturated rings. The van der Waals surface area contributed by atoms with Crippen molar-refractivity contribution in [3.63, 3.8) is 0 Å². The topological polar surface area (TPSA) is 78.5 Å². The highest BCUT2D eigenvalue weighted by Gasteiger charge is 2.12. The van der Waals surface area contributed by atoms with Crippen molar-refractivity contribution in [2.75, 3.05) is 13.7 Å². The Kier molecular flexibility index (Phi) is 4.32. The van der Waals surface area contributed by atoms with Gasteiger partial charge in [-0.05, 0) is 17.7 Å². The number of carboxylic acid groups (broad SMARTS) is 1. The van der Waals surface area contributed by atoms with Gasteiger partial charge in [0.2, 0.25) is 6.41 Å². The first-order chi connectivity index (χ1) is 7.69. The number of hydrogen-bond acceptors (Lipinski definition) is 4. The number of amides is 1. The van der Waals surface area contributed by atoms with E-state index in [1.807, 2.05) is 0 Å². The Hall–Kier alpha value is -2.04. The molecule has 1 N–H and O–H groups in total. The van der Waals surface area contributed by atoms with Crippen molar-refractivity contribution < 1.29 is 19.4 Å². The molecule has 1 atom stereocenters. The van der Waals surface area contributed by atoms with E-state index in [0.717, 1.165) is 0 Å². The number of nitrogens with one attached hydrogen (secondary N) is 1. The van der Waals surface area contributed by atoms with E-state index >= 15 is 0 Å². The lowest BCUT2D eigenvalue weighted by Crippen LogP contribution is -2.35. The summed E-state index contributed by atoms with van der Waals surface area (Å²) in [4.78, 5) is 21.0. The first-order valence-corrected chi connectivity index (χ1v) is 4.71. The van der Waals surface area contributed by atoms with E-state index in [9.17, 15) is 14.7 Å². The van der Waals surface area contributed by atoms with Crippen LogP contribution in [0.2, 0.25) is 0 Å². The van der Waals surface area contributed by atoms with Gasteiger partial charge in [0.15, 0.2) is 0 Å². The van der Waals surface area contributed by atoms with Gasteiger partial charge < -0.3 is 20.0 Å². The molecule has 1 rings (SSSR count). The van der Waals surface area contributed by atoms with Gasteiger partial charge in [-0.3, -0.25) is 4.79 Å². The second-order valence-electron chi connectivity index (χ2n) is 3.17. The van der Waals surface area contributed by atoms with E-state index in [-0.39, 0.29) is 6.54 Å². The highest BCUT2D eigenvalue weighted by Crippen LogP contribution is 2.19. The molecular weight excluding hydrogens is 210 g/mol. The molecule has 0 bridgehead atoms. The van der Waals surface area contributed by atoms with Crippen molar-refractivity contribution in [1.29, 1.82) is 0 Å². The fraction of sp³-hybridized carbons (Fsp3) is 0.273. The van der Waals surface area contributed by atoms with E-state index in [1.54, 1.807) is 24.3 Å². The van der Waals surface area contributed by atoms with Gasteiger partial charge in [0.1, 0.15) is 5.75 Å². The highest BCUT2D eigenvalue weighted by molar-refractivity contribution is 5.75. The van der Waals surface area contributed by atoms with Crippen LogP contribution in [0.4, 0.5) is 0 Å². The zero-order chi connectivity index (χ0) is 12.0. The number of hydrogen-bond donors (Lipinski definition) is 1. The quantitative estimate of drug-likeness (QED) is 0.644. The third kappa shape index (κ3) is 2.98. The lowest BCUT2D eigenvalue weighted by Gasteiger charge is -2.18. The largest absolute Gasteiger partial charge is 0.549 e. The van der Waals surface area contributed by atoms with Gasteiger partial charge in [0.05, 0.1) is 13.1 Å². The Bertz CT molecular complexity index is 378. The minimum absolute atomic E-state index is 0.000991. The third-order valence-corrected chi connectivity index (χ3v) is 2.19. The van der Waals surface area contributed by atoms with Crippen molar-refractivity contribution in [3.8, 4) is 5.75 Å². The smallest absolute Gasteiger partial charge is 0.207 e. The number of carboxylic acids is 1. The summed E-state index contributed by atoms with van der Waals surface area (Å²) in [6.45, 7) is -0.000991. The molecular formula is C11H12NO4-. The molecule has 0 aromatic heterocycles. The SMILES string of the molecule is COc1cccc(C(CNC=O)C(=O)[O-])c1.